The van der Waals surface area contributed by atoms with Crippen molar-refractivity contribution in [3.63, 3.8) is 0 Å². The number of rotatable bonds is 3. The molecule has 23 heavy (non-hydrogen) atoms. The Morgan fingerprint density at radius 2 is 1.83 bits per heavy atom. The predicted molar refractivity (Wildman–Crippen MR) is 86.9 cm³/mol. The zero-order valence-corrected chi connectivity index (χ0v) is 13.0. The zero-order valence-electron chi connectivity index (χ0n) is 13.0. The van der Waals surface area contributed by atoms with Crippen LogP contribution in [0.25, 0.3) is 0 Å². The number of nitrogens with zero attached hydrogens (tertiary/aromatic N) is 2. The lowest BCUT2D eigenvalue weighted by Crippen LogP contribution is -2.47. The Labute approximate surface area is 136 Å². The van der Waals surface area contributed by atoms with Crippen LogP contribution in [0, 0.1) is 5.92 Å². The Morgan fingerprint density at radius 1 is 1.04 bits per heavy atom. The van der Waals surface area contributed by atoms with E-state index in [1.165, 1.54) is 12.8 Å². The van der Waals surface area contributed by atoms with Crippen LogP contribution in [-0.4, -0.2) is 35.0 Å². The Morgan fingerprint density at radius 3 is 2.52 bits per heavy atom. The summed E-state index contributed by atoms with van der Waals surface area (Å²) in [5.74, 6) is 0.598. The highest BCUT2D eigenvalue weighted by atomic mass is 16.5. The molecule has 0 radical (unpaired) electrons. The van der Waals surface area contributed by atoms with Gasteiger partial charge in [-0.05, 0) is 36.5 Å². The van der Waals surface area contributed by atoms with Gasteiger partial charge in [0.2, 0.25) is 0 Å². The van der Waals surface area contributed by atoms with Crippen LogP contribution in [0.4, 0.5) is 0 Å². The van der Waals surface area contributed by atoms with Gasteiger partial charge in [-0.25, -0.2) is 0 Å². The van der Waals surface area contributed by atoms with Crippen LogP contribution in [-0.2, 0) is 4.74 Å². The van der Waals surface area contributed by atoms with Gasteiger partial charge in [0.25, 0.3) is 5.91 Å². The van der Waals surface area contributed by atoms with Gasteiger partial charge in [0, 0.05) is 12.7 Å². The van der Waals surface area contributed by atoms with Crippen LogP contribution in [0.3, 0.4) is 0 Å². The van der Waals surface area contributed by atoms with Crippen LogP contribution in [0.15, 0.2) is 54.7 Å². The van der Waals surface area contributed by atoms with Gasteiger partial charge in [-0.1, -0.05) is 36.4 Å². The first-order valence-corrected chi connectivity index (χ1v) is 8.22. The summed E-state index contributed by atoms with van der Waals surface area (Å²) in [5, 5.41) is 0. The molecule has 1 aliphatic carbocycles. The van der Waals surface area contributed by atoms with Crippen molar-refractivity contribution < 1.29 is 9.53 Å². The first kappa shape index (κ1) is 14.4. The maximum Gasteiger partial charge on any atom is 0.272 e. The van der Waals surface area contributed by atoms with Gasteiger partial charge in [0.15, 0.2) is 0 Å². The molecule has 1 aromatic heterocycles. The monoisotopic (exact) mass is 308 g/mol. The standard InChI is InChI=1S/C19H20N2O2/c22-19(16-8-4-5-11-20-16)21-12-17(14-6-2-1-3-7-14)23-18(13-21)15-9-10-15/h1-8,11,15,17-18H,9-10,12-13H2/t17-,18+/m0/s1. The van der Waals surface area contributed by atoms with E-state index in [4.69, 9.17) is 4.74 Å². The molecule has 1 aliphatic heterocycles. The summed E-state index contributed by atoms with van der Waals surface area (Å²) in [7, 11) is 0. The molecule has 2 aromatic rings. The average molecular weight is 308 g/mol. The number of hydrogen-bond acceptors (Lipinski definition) is 3. The Hall–Kier alpha value is -2.20. The number of carbonyl (C=O) groups excluding carboxylic acids is 1. The molecule has 1 amide bonds. The number of benzene rings is 1. The minimum Gasteiger partial charge on any atom is -0.366 e. The topological polar surface area (TPSA) is 42.4 Å². The molecule has 2 heterocycles. The molecule has 1 saturated heterocycles. The summed E-state index contributed by atoms with van der Waals surface area (Å²) >= 11 is 0. The van der Waals surface area contributed by atoms with Gasteiger partial charge >= 0.3 is 0 Å². The van der Waals surface area contributed by atoms with Crippen LogP contribution in [0.5, 0.6) is 0 Å². The molecule has 4 nitrogen and oxygen atoms in total. The third-order valence-corrected chi connectivity index (χ3v) is 4.62. The summed E-state index contributed by atoms with van der Waals surface area (Å²) in [4.78, 5) is 18.9. The molecule has 4 heteroatoms. The molecule has 0 spiro atoms. The molecular weight excluding hydrogens is 288 g/mol. The maximum absolute atomic E-state index is 12.8. The summed E-state index contributed by atoms with van der Waals surface area (Å²) in [6, 6.07) is 15.6. The van der Waals surface area contributed by atoms with Crippen molar-refractivity contribution in [1.29, 1.82) is 0 Å². The Kier molecular flexibility index (Phi) is 3.83. The van der Waals surface area contributed by atoms with Crippen molar-refractivity contribution >= 4 is 5.91 Å². The van der Waals surface area contributed by atoms with E-state index in [1.54, 1.807) is 12.3 Å². The number of pyridine rings is 1. The van der Waals surface area contributed by atoms with Crippen LogP contribution in [0.1, 0.15) is 35.0 Å². The molecule has 1 aromatic carbocycles. The smallest absolute Gasteiger partial charge is 0.272 e. The lowest BCUT2D eigenvalue weighted by molar-refractivity contribution is -0.0865. The minimum atomic E-state index is -0.0526. The van der Waals surface area contributed by atoms with E-state index in [0.29, 0.717) is 24.7 Å². The number of amides is 1. The summed E-state index contributed by atoms with van der Waals surface area (Å²) in [6.07, 6.45) is 4.17. The molecule has 0 unspecified atom stereocenters. The van der Waals surface area contributed by atoms with E-state index < -0.39 is 0 Å². The van der Waals surface area contributed by atoms with E-state index in [9.17, 15) is 4.79 Å². The number of carbonyl (C=O) groups is 1. The highest BCUT2D eigenvalue weighted by Crippen LogP contribution is 2.39. The van der Waals surface area contributed by atoms with Crippen LogP contribution < -0.4 is 0 Å². The fraction of sp³-hybridized carbons (Fsp3) is 0.368. The fourth-order valence-corrected chi connectivity index (χ4v) is 3.19. The quantitative estimate of drug-likeness (QED) is 0.875. The van der Waals surface area contributed by atoms with Crippen LogP contribution >= 0.6 is 0 Å². The Balaban J connectivity index is 1.57. The molecule has 4 rings (SSSR count). The van der Waals surface area contributed by atoms with Crippen molar-refractivity contribution in [1.82, 2.24) is 9.88 Å². The van der Waals surface area contributed by atoms with E-state index in [0.717, 1.165) is 5.56 Å². The van der Waals surface area contributed by atoms with E-state index in [1.807, 2.05) is 35.2 Å². The second-order valence-electron chi connectivity index (χ2n) is 6.34. The summed E-state index contributed by atoms with van der Waals surface area (Å²) in [5.41, 5.74) is 1.65. The number of morpholine rings is 1. The molecule has 2 fully saturated rings. The molecule has 2 aliphatic rings. The van der Waals surface area contributed by atoms with Crippen molar-refractivity contribution in [2.24, 2.45) is 5.92 Å². The highest BCUT2D eigenvalue weighted by Gasteiger charge is 2.40. The van der Waals surface area contributed by atoms with Gasteiger partial charge in [-0.3, -0.25) is 9.78 Å². The number of ether oxygens (including phenoxy) is 1. The molecule has 2 atom stereocenters. The minimum absolute atomic E-state index is 0.000445. The normalized spacial score (nSPS) is 24.4. The number of hydrogen-bond donors (Lipinski definition) is 0. The lowest BCUT2D eigenvalue weighted by Gasteiger charge is -2.38. The van der Waals surface area contributed by atoms with Crippen molar-refractivity contribution in [3.05, 3.63) is 66.0 Å². The van der Waals surface area contributed by atoms with Crippen molar-refractivity contribution in [3.8, 4) is 0 Å². The van der Waals surface area contributed by atoms with Crippen LogP contribution in [0.2, 0.25) is 0 Å². The molecular formula is C19H20N2O2. The van der Waals surface area contributed by atoms with Gasteiger partial charge < -0.3 is 9.64 Å². The molecule has 0 bridgehead atoms. The third-order valence-electron chi connectivity index (χ3n) is 4.62. The van der Waals surface area contributed by atoms with Gasteiger partial charge in [-0.2, -0.15) is 0 Å². The zero-order chi connectivity index (χ0) is 15.6. The maximum atomic E-state index is 12.8. The third kappa shape index (κ3) is 3.13. The van der Waals surface area contributed by atoms with E-state index in [2.05, 4.69) is 17.1 Å². The Bertz CT molecular complexity index is 670. The first-order chi connectivity index (χ1) is 11.3. The summed E-state index contributed by atoms with van der Waals surface area (Å²) in [6.45, 7) is 1.26. The lowest BCUT2D eigenvalue weighted by atomic mass is 10.0. The SMILES string of the molecule is O=C(c1ccccn1)N1C[C@@H](c2ccccc2)O[C@@H](C2CC2)C1. The van der Waals surface area contributed by atoms with Crippen molar-refractivity contribution in [2.75, 3.05) is 13.1 Å². The average Bonchev–Trinajstić information content (AvgIpc) is 3.47. The second-order valence-corrected chi connectivity index (χ2v) is 6.34. The first-order valence-electron chi connectivity index (χ1n) is 8.22. The van der Waals surface area contributed by atoms with Gasteiger partial charge in [0.05, 0.1) is 12.6 Å². The molecule has 118 valence electrons. The predicted octanol–water partition coefficient (Wildman–Crippen LogP) is 3.07. The number of aromatic nitrogens is 1. The van der Waals surface area contributed by atoms with Gasteiger partial charge in [-0.15, -0.1) is 0 Å². The second kappa shape index (κ2) is 6.13. The fourth-order valence-electron chi connectivity index (χ4n) is 3.19. The van der Waals surface area contributed by atoms with Crippen molar-refractivity contribution in [2.45, 2.75) is 25.0 Å². The van der Waals surface area contributed by atoms with E-state index in [-0.39, 0.29) is 18.1 Å². The highest BCUT2D eigenvalue weighted by molar-refractivity contribution is 5.92. The molecule has 1 saturated carbocycles. The van der Waals surface area contributed by atoms with E-state index >= 15 is 0 Å². The van der Waals surface area contributed by atoms with Gasteiger partial charge in [0.1, 0.15) is 11.8 Å². The largest absolute Gasteiger partial charge is 0.366 e. The molecule has 0 N–H and O–H groups in total. The summed E-state index contributed by atoms with van der Waals surface area (Å²) < 4.78 is 6.30.